The Morgan fingerprint density at radius 1 is 0.793 bits per heavy atom. The summed E-state index contributed by atoms with van der Waals surface area (Å²) in [6, 6.07) is 15.7. The van der Waals surface area contributed by atoms with Gasteiger partial charge in [-0.05, 0) is 45.4 Å². The highest BCUT2D eigenvalue weighted by Gasteiger charge is 2.29. The highest BCUT2D eigenvalue weighted by molar-refractivity contribution is 6.08. The number of rotatable bonds is 6. The van der Waals surface area contributed by atoms with Crippen LogP contribution < -0.4 is 0 Å². The Morgan fingerprint density at radius 2 is 1.31 bits per heavy atom. The second-order valence-corrected chi connectivity index (χ2v) is 6.78. The Kier molecular flexibility index (Phi) is 6.17. The number of carbonyl (C=O) groups excluding carboxylic acids is 2. The first kappa shape index (κ1) is 20.4. The summed E-state index contributed by atoms with van der Waals surface area (Å²) in [6.07, 6.45) is 1.66. The van der Waals surface area contributed by atoms with E-state index >= 15 is 0 Å². The molecule has 5 nitrogen and oxygen atoms in total. The molecule has 3 aromatic rings. The molecular weight excluding hydrogens is 366 g/mol. The number of hydrogen-bond donors (Lipinski definition) is 0. The lowest BCUT2D eigenvalue weighted by Crippen LogP contribution is -2.13. The van der Waals surface area contributed by atoms with Crippen molar-refractivity contribution in [1.29, 1.82) is 0 Å². The summed E-state index contributed by atoms with van der Waals surface area (Å²) in [5.74, 6) is -1.09. The minimum atomic E-state index is -0.547. The van der Waals surface area contributed by atoms with Crippen LogP contribution in [0.5, 0.6) is 0 Å². The number of ether oxygens (including phenoxy) is 2. The molecule has 0 bridgehead atoms. The van der Waals surface area contributed by atoms with Crippen LogP contribution in [0.4, 0.5) is 0 Å². The van der Waals surface area contributed by atoms with Gasteiger partial charge in [-0.15, -0.1) is 0 Å². The molecule has 1 heterocycles. The van der Waals surface area contributed by atoms with E-state index in [1.54, 1.807) is 20.0 Å². The van der Waals surface area contributed by atoms with E-state index in [9.17, 15) is 9.59 Å². The summed E-state index contributed by atoms with van der Waals surface area (Å²) in [6.45, 7) is 7.92. The maximum atomic E-state index is 12.9. The van der Waals surface area contributed by atoms with Gasteiger partial charge in [0.05, 0.1) is 24.5 Å². The minimum absolute atomic E-state index is 0.196. The predicted molar refractivity (Wildman–Crippen MR) is 113 cm³/mol. The first-order valence-electron chi connectivity index (χ1n) is 9.69. The molecule has 1 aromatic heterocycles. The maximum Gasteiger partial charge on any atom is 0.341 e. The van der Waals surface area contributed by atoms with Crippen molar-refractivity contribution < 1.29 is 19.1 Å². The van der Waals surface area contributed by atoms with Gasteiger partial charge < -0.3 is 14.0 Å². The SMILES string of the molecule is CCOC(=O)c1cn(-c2ccc(C)cc2)c(-c2ccc(C)cc2)c1C(=O)OCC. The fourth-order valence-corrected chi connectivity index (χ4v) is 3.18. The number of hydrogen-bond acceptors (Lipinski definition) is 4. The van der Waals surface area contributed by atoms with E-state index in [1.165, 1.54) is 0 Å². The summed E-state index contributed by atoms with van der Waals surface area (Å²) in [7, 11) is 0. The van der Waals surface area contributed by atoms with Gasteiger partial charge in [-0.1, -0.05) is 47.5 Å². The van der Waals surface area contributed by atoms with Crippen molar-refractivity contribution in [2.75, 3.05) is 13.2 Å². The van der Waals surface area contributed by atoms with Crippen LogP contribution in [0.25, 0.3) is 16.9 Å². The first-order valence-corrected chi connectivity index (χ1v) is 9.69. The summed E-state index contributed by atoms with van der Waals surface area (Å²) >= 11 is 0. The summed E-state index contributed by atoms with van der Waals surface area (Å²) in [5, 5.41) is 0. The standard InChI is InChI=1S/C24H25NO4/c1-5-28-23(26)20-15-25(19-13-9-17(4)10-14-19)22(21(20)24(27)29-6-2)18-11-7-16(3)8-12-18/h7-15H,5-6H2,1-4H3. The second-order valence-electron chi connectivity index (χ2n) is 6.78. The number of aryl methyl sites for hydroxylation is 2. The highest BCUT2D eigenvalue weighted by atomic mass is 16.5. The van der Waals surface area contributed by atoms with Crippen LogP contribution in [0.15, 0.2) is 54.7 Å². The molecule has 3 rings (SSSR count). The number of esters is 2. The van der Waals surface area contributed by atoms with E-state index < -0.39 is 11.9 Å². The van der Waals surface area contributed by atoms with Crippen LogP contribution >= 0.6 is 0 Å². The van der Waals surface area contributed by atoms with Crippen LogP contribution in [0.1, 0.15) is 45.7 Å². The number of nitrogens with zero attached hydrogens (tertiary/aromatic N) is 1. The van der Waals surface area contributed by atoms with Crippen LogP contribution in [-0.2, 0) is 9.47 Å². The molecule has 0 aliphatic rings. The zero-order chi connectivity index (χ0) is 21.0. The zero-order valence-electron chi connectivity index (χ0n) is 17.2. The highest BCUT2D eigenvalue weighted by Crippen LogP contribution is 2.33. The van der Waals surface area contributed by atoms with Gasteiger partial charge in [0.2, 0.25) is 0 Å². The third-order valence-corrected chi connectivity index (χ3v) is 4.62. The maximum absolute atomic E-state index is 12.9. The topological polar surface area (TPSA) is 57.5 Å². The molecule has 0 N–H and O–H groups in total. The van der Waals surface area contributed by atoms with Gasteiger partial charge in [0.15, 0.2) is 0 Å². The summed E-state index contributed by atoms with van der Waals surface area (Å²) in [5.41, 5.74) is 4.90. The molecule has 0 fully saturated rings. The van der Waals surface area contributed by atoms with E-state index in [4.69, 9.17) is 9.47 Å². The average Bonchev–Trinajstić information content (AvgIpc) is 3.10. The van der Waals surface area contributed by atoms with Crippen LogP contribution in [0, 0.1) is 13.8 Å². The molecular formula is C24H25NO4. The molecule has 0 spiro atoms. The largest absolute Gasteiger partial charge is 0.462 e. The second kappa shape index (κ2) is 8.78. The van der Waals surface area contributed by atoms with Crippen LogP contribution in [0.3, 0.4) is 0 Å². The third kappa shape index (κ3) is 4.24. The number of carbonyl (C=O) groups is 2. The number of benzene rings is 2. The molecule has 0 radical (unpaired) electrons. The Balaban J connectivity index is 2.32. The predicted octanol–water partition coefficient (Wildman–Crippen LogP) is 5.11. The van der Waals surface area contributed by atoms with Gasteiger partial charge in [-0.25, -0.2) is 9.59 Å². The van der Waals surface area contributed by atoms with E-state index in [1.807, 2.05) is 66.9 Å². The van der Waals surface area contributed by atoms with Gasteiger partial charge in [0.25, 0.3) is 0 Å². The molecule has 0 amide bonds. The monoisotopic (exact) mass is 391 g/mol. The molecule has 0 unspecified atom stereocenters. The molecule has 150 valence electrons. The molecule has 29 heavy (non-hydrogen) atoms. The van der Waals surface area contributed by atoms with Gasteiger partial charge in [0, 0.05) is 11.9 Å². The smallest absolute Gasteiger partial charge is 0.341 e. The third-order valence-electron chi connectivity index (χ3n) is 4.62. The van der Waals surface area contributed by atoms with Crippen molar-refractivity contribution in [1.82, 2.24) is 4.57 Å². The van der Waals surface area contributed by atoms with Crippen LogP contribution in [0.2, 0.25) is 0 Å². The lowest BCUT2D eigenvalue weighted by atomic mass is 10.0. The van der Waals surface area contributed by atoms with Gasteiger partial charge >= 0.3 is 11.9 Å². The zero-order valence-corrected chi connectivity index (χ0v) is 17.2. The van der Waals surface area contributed by atoms with Gasteiger partial charge in [-0.2, -0.15) is 0 Å². The van der Waals surface area contributed by atoms with Crippen molar-refractivity contribution in [3.05, 3.63) is 77.0 Å². The van der Waals surface area contributed by atoms with E-state index in [0.29, 0.717) is 5.69 Å². The van der Waals surface area contributed by atoms with Crippen molar-refractivity contribution >= 4 is 11.9 Å². The molecule has 0 atom stereocenters. The van der Waals surface area contributed by atoms with Gasteiger partial charge in [0.1, 0.15) is 5.56 Å². The van der Waals surface area contributed by atoms with E-state index in [0.717, 1.165) is 22.4 Å². The number of aromatic nitrogens is 1. The Morgan fingerprint density at radius 3 is 1.86 bits per heavy atom. The molecule has 0 saturated heterocycles. The molecule has 0 saturated carbocycles. The fourth-order valence-electron chi connectivity index (χ4n) is 3.18. The van der Waals surface area contributed by atoms with Crippen molar-refractivity contribution in [2.24, 2.45) is 0 Å². The van der Waals surface area contributed by atoms with Crippen molar-refractivity contribution in [3.63, 3.8) is 0 Å². The van der Waals surface area contributed by atoms with Crippen molar-refractivity contribution in [2.45, 2.75) is 27.7 Å². The Hall–Kier alpha value is -3.34. The van der Waals surface area contributed by atoms with Gasteiger partial charge in [-0.3, -0.25) is 0 Å². The normalized spacial score (nSPS) is 10.6. The lowest BCUT2D eigenvalue weighted by Gasteiger charge is -2.12. The van der Waals surface area contributed by atoms with E-state index in [2.05, 4.69) is 0 Å². The Labute approximate surface area is 170 Å². The molecule has 5 heteroatoms. The lowest BCUT2D eigenvalue weighted by molar-refractivity contribution is 0.0481. The summed E-state index contributed by atoms with van der Waals surface area (Å²) < 4.78 is 12.4. The average molecular weight is 391 g/mol. The molecule has 2 aromatic carbocycles. The van der Waals surface area contributed by atoms with Crippen LogP contribution in [-0.4, -0.2) is 29.7 Å². The Bertz CT molecular complexity index is 1010. The minimum Gasteiger partial charge on any atom is -0.462 e. The first-order chi connectivity index (χ1) is 14.0. The van der Waals surface area contributed by atoms with Crippen molar-refractivity contribution in [3.8, 4) is 16.9 Å². The molecule has 0 aliphatic heterocycles. The quantitative estimate of drug-likeness (QED) is 0.548. The summed E-state index contributed by atoms with van der Waals surface area (Å²) in [4.78, 5) is 25.6. The fraction of sp³-hybridized carbons (Fsp3) is 0.250. The van der Waals surface area contributed by atoms with E-state index in [-0.39, 0.29) is 24.3 Å². The molecule has 0 aliphatic carbocycles.